The van der Waals surface area contributed by atoms with Crippen LogP contribution in [0.25, 0.3) is 0 Å². The highest BCUT2D eigenvalue weighted by molar-refractivity contribution is 5.89. The molecule has 0 rings (SSSR count). The van der Waals surface area contributed by atoms with Gasteiger partial charge in [-0.3, -0.25) is 24.2 Å². The van der Waals surface area contributed by atoms with E-state index in [9.17, 15) is 24.0 Å². The smallest absolute Gasteiger partial charge is 0.223 e. The Morgan fingerprint density at radius 3 is 2.11 bits per heavy atom. The van der Waals surface area contributed by atoms with Gasteiger partial charge in [-0.15, -0.1) is 0 Å². The number of amides is 2. The van der Waals surface area contributed by atoms with Crippen LogP contribution < -0.4 is 27.8 Å². The van der Waals surface area contributed by atoms with Gasteiger partial charge in [0.1, 0.15) is 11.6 Å². The number of hydrogen-bond acceptors (Lipinski definition) is 7. The van der Waals surface area contributed by atoms with Gasteiger partial charge in [0, 0.05) is 31.7 Å². The lowest BCUT2D eigenvalue weighted by molar-refractivity contribution is -0.130. The molecule has 0 saturated carbocycles. The average Bonchev–Trinajstić information content (AvgIpc) is 2.72. The second-order valence-corrected chi connectivity index (χ2v) is 9.58. The minimum absolute atomic E-state index is 0.0314. The maximum atomic E-state index is 12.6. The van der Waals surface area contributed by atoms with Crippen LogP contribution in [0.2, 0.25) is 0 Å². The van der Waals surface area contributed by atoms with E-state index in [1.54, 1.807) is 0 Å². The summed E-state index contributed by atoms with van der Waals surface area (Å²) in [5.74, 6) is -1.45. The van der Waals surface area contributed by atoms with Crippen molar-refractivity contribution in [2.45, 2.75) is 78.7 Å². The normalized spacial score (nSPS) is 13.5. The number of rotatable bonds is 20. The molecule has 0 radical (unpaired) electrons. The summed E-state index contributed by atoms with van der Waals surface area (Å²) in [5.41, 5.74) is 15.8. The highest BCUT2D eigenvalue weighted by Crippen LogP contribution is 2.17. The fraction of sp³-hybridized carbons (Fsp3) is 0.750. The van der Waals surface area contributed by atoms with E-state index in [1.165, 1.54) is 13.8 Å². The molecule has 0 aromatic rings. The van der Waals surface area contributed by atoms with Gasteiger partial charge in [0.25, 0.3) is 0 Å². The van der Waals surface area contributed by atoms with Crippen LogP contribution in [-0.2, 0) is 24.0 Å². The zero-order valence-corrected chi connectivity index (χ0v) is 21.6. The number of aliphatic imine (C=N–C) groups is 1. The summed E-state index contributed by atoms with van der Waals surface area (Å²) < 4.78 is 0. The Bertz CT molecular complexity index is 749. The molecule has 0 aromatic heterocycles. The van der Waals surface area contributed by atoms with Gasteiger partial charge in [-0.2, -0.15) is 0 Å². The largest absolute Gasteiger partial charge is 0.370 e. The Morgan fingerprint density at radius 1 is 0.943 bits per heavy atom. The van der Waals surface area contributed by atoms with Gasteiger partial charge in [-0.25, -0.2) is 0 Å². The molecule has 0 aromatic carbocycles. The summed E-state index contributed by atoms with van der Waals surface area (Å²) in [6.45, 7) is 7.61. The summed E-state index contributed by atoms with van der Waals surface area (Å²) in [7, 11) is 0. The topological polar surface area (TPSA) is 200 Å². The first-order chi connectivity index (χ1) is 16.3. The third kappa shape index (κ3) is 17.3. The second kappa shape index (κ2) is 17.6. The second-order valence-electron chi connectivity index (χ2n) is 9.58. The minimum atomic E-state index is -0.552. The fourth-order valence-corrected chi connectivity index (χ4v) is 3.89. The molecule has 0 fully saturated rings. The first kappa shape index (κ1) is 32.2. The molecule has 3 atom stereocenters. The number of ketones is 3. The quantitative estimate of drug-likeness (QED) is 0.0892. The van der Waals surface area contributed by atoms with Gasteiger partial charge >= 0.3 is 0 Å². The Kier molecular flexibility index (Phi) is 16.2. The number of nitrogens with zero attached hydrogens (tertiary/aromatic N) is 1. The first-order valence-corrected chi connectivity index (χ1v) is 12.2. The minimum Gasteiger partial charge on any atom is -0.370 e. The zero-order valence-electron chi connectivity index (χ0n) is 21.6. The molecule has 2 amide bonds. The van der Waals surface area contributed by atoms with Crippen molar-refractivity contribution in [1.29, 1.82) is 0 Å². The molecule has 1 unspecified atom stereocenters. The standard InChI is InChI=1S/C24H44N6O5/c1-15(2)10-18(13-29-21(17(4)32)7-8-22(25)34)12-20(33)14-30-23(35)19(11-16(3)31)6-5-9-28-24(26)27/h15,18-19,21,29H,5-14H2,1-4H3,(H2,25,34)(H,30,35)(H4,26,27,28)/t18?,19-,21+/m1/s1. The molecule has 11 heteroatoms. The molecule has 0 bridgehead atoms. The Hall–Kier alpha value is -2.82. The van der Waals surface area contributed by atoms with Gasteiger partial charge in [-0.05, 0) is 57.9 Å². The number of nitrogens with one attached hydrogen (secondary N) is 2. The van der Waals surface area contributed by atoms with E-state index in [0.29, 0.717) is 38.3 Å². The molecule has 35 heavy (non-hydrogen) atoms. The van der Waals surface area contributed by atoms with Crippen LogP contribution in [0, 0.1) is 17.8 Å². The Labute approximate surface area is 208 Å². The third-order valence-electron chi connectivity index (χ3n) is 5.51. The summed E-state index contributed by atoms with van der Waals surface area (Å²) in [4.78, 5) is 63.6. The number of carbonyl (C=O) groups excluding carboxylic acids is 5. The van der Waals surface area contributed by atoms with E-state index in [1.807, 2.05) is 13.8 Å². The number of nitrogens with two attached hydrogens (primary N) is 3. The monoisotopic (exact) mass is 496 g/mol. The van der Waals surface area contributed by atoms with E-state index >= 15 is 0 Å². The molecule has 0 aliphatic rings. The number of Topliss-reactive ketones (excluding diaryl/α,β-unsaturated/α-hetero) is 3. The van der Waals surface area contributed by atoms with Crippen LogP contribution in [0.4, 0.5) is 0 Å². The maximum absolute atomic E-state index is 12.6. The van der Waals surface area contributed by atoms with Crippen LogP contribution in [-0.4, -0.2) is 60.8 Å². The van der Waals surface area contributed by atoms with Crippen LogP contribution in [0.3, 0.4) is 0 Å². The van der Waals surface area contributed by atoms with Gasteiger partial charge < -0.3 is 32.6 Å². The fourth-order valence-electron chi connectivity index (χ4n) is 3.89. The first-order valence-electron chi connectivity index (χ1n) is 12.2. The number of guanidine groups is 1. The molecular weight excluding hydrogens is 452 g/mol. The van der Waals surface area contributed by atoms with Crippen molar-refractivity contribution >= 4 is 35.1 Å². The summed E-state index contributed by atoms with van der Waals surface area (Å²) in [6, 6.07) is -0.502. The molecule has 0 spiro atoms. The lowest BCUT2D eigenvalue weighted by Gasteiger charge is -2.23. The van der Waals surface area contributed by atoms with E-state index in [-0.39, 0.29) is 60.9 Å². The third-order valence-corrected chi connectivity index (χ3v) is 5.51. The molecule has 8 N–H and O–H groups in total. The van der Waals surface area contributed by atoms with E-state index in [4.69, 9.17) is 17.2 Å². The van der Waals surface area contributed by atoms with E-state index in [2.05, 4.69) is 15.6 Å². The molecule has 11 nitrogen and oxygen atoms in total. The maximum Gasteiger partial charge on any atom is 0.223 e. The van der Waals surface area contributed by atoms with Crippen molar-refractivity contribution in [2.75, 3.05) is 19.6 Å². The Balaban J connectivity index is 4.88. The summed E-state index contributed by atoms with van der Waals surface area (Å²) in [6.07, 6.45) is 2.44. The van der Waals surface area contributed by atoms with E-state index in [0.717, 1.165) is 6.42 Å². The predicted molar refractivity (Wildman–Crippen MR) is 135 cm³/mol. The van der Waals surface area contributed by atoms with Crippen LogP contribution in [0.15, 0.2) is 4.99 Å². The van der Waals surface area contributed by atoms with Crippen molar-refractivity contribution in [3.05, 3.63) is 0 Å². The van der Waals surface area contributed by atoms with Crippen molar-refractivity contribution in [3.63, 3.8) is 0 Å². The molecule has 200 valence electrons. The lowest BCUT2D eigenvalue weighted by atomic mass is 9.91. The van der Waals surface area contributed by atoms with Gasteiger partial charge in [-0.1, -0.05) is 13.8 Å². The highest BCUT2D eigenvalue weighted by atomic mass is 16.2. The van der Waals surface area contributed by atoms with Crippen LogP contribution >= 0.6 is 0 Å². The summed E-state index contributed by atoms with van der Waals surface area (Å²) >= 11 is 0. The Morgan fingerprint density at radius 2 is 1.60 bits per heavy atom. The SMILES string of the molecule is CC(=O)C[C@@H](CCCN=C(N)N)C(=O)NCC(=O)CC(CN[C@@H](CCC(N)=O)C(C)=O)CC(C)C. The van der Waals surface area contributed by atoms with Crippen molar-refractivity contribution in [2.24, 2.45) is 39.9 Å². The van der Waals surface area contributed by atoms with Crippen molar-refractivity contribution in [1.82, 2.24) is 10.6 Å². The molecule has 0 saturated heterocycles. The van der Waals surface area contributed by atoms with Gasteiger partial charge in [0.2, 0.25) is 11.8 Å². The number of carbonyl (C=O) groups is 5. The molecule has 0 aliphatic heterocycles. The number of primary amides is 1. The van der Waals surface area contributed by atoms with Crippen molar-refractivity contribution < 1.29 is 24.0 Å². The zero-order chi connectivity index (χ0) is 27.0. The van der Waals surface area contributed by atoms with Gasteiger partial charge in [0.05, 0.1) is 12.6 Å². The lowest BCUT2D eigenvalue weighted by Crippen LogP contribution is -2.40. The molecular formula is C24H44N6O5. The molecule has 0 aliphatic carbocycles. The average molecular weight is 497 g/mol. The predicted octanol–water partition coefficient (Wildman–Crippen LogP) is 0.186. The van der Waals surface area contributed by atoms with Gasteiger partial charge in [0.15, 0.2) is 11.7 Å². The highest BCUT2D eigenvalue weighted by Gasteiger charge is 2.23. The van der Waals surface area contributed by atoms with E-state index < -0.39 is 17.9 Å². The summed E-state index contributed by atoms with van der Waals surface area (Å²) in [5, 5.41) is 5.82. The van der Waals surface area contributed by atoms with Crippen LogP contribution in [0.5, 0.6) is 0 Å². The number of hydrogen-bond donors (Lipinski definition) is 5. The van der Waals surface area contributed by atoms with Crippen molar-refractivity contribution in [3.8, 4) is 0 Å². The molecule has 0 heterocycles. The van der Waals surface area contributed by atoms with Crippen LogP contribution in [0.1, 0.15) is 72.6 Å².